The van der Waals surface area contributed by atoms with E-state index in [1.54, 1.807) is 11.2 Å². The number of phenols is 1. The highest BCUT2D eigenvalue weighted by Crippen LogP contribution is 2.53. The first-order chi connectivity index (χ1) is 18.9. The second kappa shape index (κ2) is 10.6. The lowest BCUT2D eigenvalue weighted by molar-refractivity contribution is -0.378. The average Bonchev–Trinajstić information content (AvgIpc) is 2.89. The molecular formula is C26H21BrClN3O10. The van der Waals surface area contributed by atoms with Gasteiger partial charge in [-0.05, 0) is 30.2 Å². The Labute approximate surface area is 245 Å². The number of Topliss-reactive ketones (excluding diaryl/α,β-unsaturated/α-hetero) is 2. The molecule has 0 unspecified atom stereocenters. The number of ketones is 2. The number of carbonyl (C=O) groups is 4. The van der Waals surface area contributed by atoms with E-state index in [4.69, 9.17) is 10.5 Å². The Morgan fingerprint density at radius 2 is 1.83 bits per heavy atom. The number of rotatable bonds is 4. The molecule has 0 radical (unpaired) electrons. The smallest absolute Gasteiger partial charge is 0.412 e. The van der Waals surface area contributed by atoms with E-state index in [1.807, 2.05) is 0 Å². The molecule has 3 aliphatic rings. The van der Waals surface area contributed by atoms with E-state index >= 15 is 0 Å². The maximum absolute atomic E-state index is 13.8. The number of halogens is 2. The highest BCUT2D eigenvalue weighted by Gasteiger charge is 2.65. The van der Waals surface area contributed by atoms with Crippen molar-refractivity contribution >= 4 is 56.6 Å². The zero-order valence-electron chi connectivity index (χ0n) is 20.7. The molecule has 0 aliphatic heterocycles. The lowest BCUT2D eigenvalue weighted by atomic mass is 9.57. The van der Waals surface area contributed by atoms with Crippen LogP contribution < -0.4 is 28.6 Å². The van der Waals surface area contributed by atoms with Gasteiger partial charge in [-0.25, -0.2) is 4.79 Å². The fourth-order valence-electron chi connectivity index (χ4n) is 5.69. The van der Waals surface area contributed by atoms with Crippen molar-refractivity contribution in [1.29, 1.82) is 0 Å². The van der Waals surface area contributed by atoms with Gasteiger partial charge in [0.05, 0.1) is 5.56 Å². The van der Waals surface area contributed by atoms with E-state index in [1.165, 1.54) is 30.3 Å². The van der Waals surface area contributed by atoms with Crippen molar-refractivity contribution in [2.75, 3.05) is 5.32 Å². The summed E-state index contributed by atoms with van der Waals surface area (Å²) in [7, 11) is 0. The molecule has 0 aromatic heterocycles. The number of ether oxygens (including phenoxy) is 1. The first kappa shape index (κ1) is 29.7. The summed E-state index contributed by atoms with van der Waals surface area (Å²) < 4.78 is 6.18. The first-order valence-corrected chi connectivity index (χ1v) is 12.6. The van der Waals surface area contributed by atoms with Gasteiger partial charge in [0.1, 0.15) is 34.6 Å². The zero-order chi connectivity index (χ0) is 29.1. The maximum Gasteiger partial charge on any atom is 0.412 e. The van der Waals surface area contributed by atoms with E-state index in [0.717, 1.165) is 0 Å². The molecule has 2 aromatic carbocycles. The van der Waals surface area contributed by atoms with Crippen molar-refractivity contribution in [3.63, 3.8) is 0 Å². The summed E-state index contributed by atoms with van der Waals surface area (Å²) in [5.74, 6) is -8.79. The third-order valence-corrected chi connectivity index (χ3v) is 7.94. The number of fused-ring (bicyclic) bond motifs is 3. The number of amides is 2. The molecule has 8 N–H and O–H groups in total. The van der Waals surface area contributed by atoms with Gasteiger partial charge in [-0.3, -0.25) is 19.7 Å². The number of primary amides is 1. The number of aromatic hydroxyl groups is 1. The molecule has 5 rings (SSSR count). The average molecular weight is 651 g/mol. The Kier molecular flexibility index (Phi) is 7.69. The Morgan fingerprint density at radius 1 is 1.12 bits per heavy atom. The minimum absolute atomic E-state index is 0. The summed E-state index contributed by atoms with van der Waals surface area (Å²) >= 11 is 3.20. The molecule has 0 bridgehead atoms. The van der Waals surface area contributed by atoms with Crippen molar-refractivity contribution in [3.8, 4) is 5.75 Å². The van der Waals surface area contributed by atoms with Crippen molar-refractivity contribution in [2.24, 2.45) is 17.6 Å². The number of hydrogen-bond donors (Lipinski definition) is 7. The van der Waals surface area contributed by atoms with E-state index < -0.39 is 76.2 Å². The normalized spacial score (nSPS) is 24.9. The minimum Gasteiger partial charge on any atom is -1.00 e. The summed E-state index contributed by atoms with van der Waals surface area (Å²) in [4.78, 5) is 63.0. The maximum atomic E-state index is 13.8. The van der Waals surface area contributed by atoms with Crippen LogP contribution >= 0.6 is 15.9 Å². The summed E-state index contributed by atoms with van der Waals surface area (Å²) in [5, 5.41) is 48.1. The molecule has 13 nitrogen and oxygen atoms in total. The largest absolute Gasteiger partial charge is 1.00 e. The first-order valence-electron chi connectivity index (χ1n) is 11.8. The van der Waals surface area contributed by atoms with Gasteiger partial charge in [-0.15, -0.1) is 0 Å². The standard InChI is InChI=1S/C26H20BrN3O10.ClH/c27-10-4-5-13(14(7-10)30-39)29-25(37)40-21-11-6-9-2-1-3-15(31)17(9)20(33)18(11)22(34)26(38)12(21)8-16(32)19(23(26)35)24(28)36;/h1-5,7,11-12,21,31,33,35,38H,6,8H2,(H2,28,36)(H,29,37);1H/t11-,12-,21+,26+;/m1./s1. The van der Waals surface area contributed by atoms with Crippen LogP contribution in [0.15, 0.2) is 57.8 Å². The van der Waals surface area contributed by atoms with Crippen molar-refractivity contribution in [3.05, 3.63) is 73.8 Å². The fourth-order valence-corrected chi connectivity index (χ4v) is 6.05. The molecule has 1 fully saturated rings. The van der Waals surface area contributed by atoms with Gasteiger partial charge in [0.2, 0.25) is 5.78 Å². The Morgan fingerprint density at radius 3 is 2.49 bits per heavy atom. The number of aliphatic hydroxyl groups is 3. The Hall–Kier alpha value is -4.27. The quantitative estimate of drug-likeness (QED) is 0.178. The number of carbonyl (C=O) groups excluding carboxylic acids is 4. The summed E-state index contributed by atoms with van der Waals surface area (Å²) in [6, 6.07) is 8.64. The van der Waals surface area contributed by atoms with Crippen LogP contribution in [0.3, 0.4) is 0 Å². The monoisotopic (exact) mass is 649 g/mol. The van der Waals surface area contributed by atoms with Gasteiger partial charge in [-0.1, -0.05) is 28.1 Å². The number of phenolic OH excluding ortho intramolecular Hbond substituents is 1. The molecule has 0 saturated heterocycles. The number of nitroso groups, excluding NO2 is 1. The second-order valence-corrected chi connectivity index (χ2v) is 10.5. The van der Waals surface area contributed by atoms with Gasteiger partial charge in [0, 0.05) is 44.5 Å². The van der Waals surface area contributed by atoms with Crippen LogP contribution in [0.25, 0.3) is 5.76 Å². The van der Waals surface area contributed by atoms with E-state index in [0.29, 0.717) is 10.0 Å². The summed E-state index contributed by atoms with van der Waals surface area (Å²) in [6.45, 7) is 0. The van der Waals surface area contributed by atoms with Crippen molar-refractivity contribution < 1.29 is 61.9 Å². The van der Waals surface area contributed by atoms with Crippen LogP contribution in [0.2, 0.25) is 0 Å². The molecule has 214 valence electrons. The van der Waals surface area contributed by atoms with Crippen LogP contribution in [-0.2, 0) is 25.5 Å². The number of hydrogen-bond acceptors (Lipinski definition) is 10. The van der Waals surface area contributed by atoms with Gasteiger partial charge in [0.15, 0.2) is 11.4 Å². The van der Waals surface area contributed by atoms with E-state index in [-0.39, 0.29) is 41.5 Å². The molecular weight excluding hydrogens is 630 g/mol. The summed E-state index contributed by atoms with van der Waals surface area (Å²) in [6.07, 6.45) is -3.48. The van der Waals surface area contributed by atoms with Gasteiger partial charge in [0.25, 0.3) is 11.6 Å². The number of nitrogens with one attached hydrogen (secondary N) is 2. The number of aliphatic hydroxyl groups excluding tert-OH is 2. The number of anilines is 1. The van der Waals surface area contributed by atoms with Gasteiger partial charge in [-0.2, -0.15) is 0 Å². The van der Waals surface area contributed by atoms with Gasteiger partial charge < -0.3 is 43.3 Å². The zero-order valence-corrected chi connectivity index (χ0v) is 23.0. The molecule has 2 aromatic rings. The highest BCUT2D eigenvalue weighted by atomic mass is 79.9. The summed E-state index contributed by atoms with van der Waals surface area (Å²) in [5.41, 5.74) is 1.04. The molecule has 3 aliphatic carbocycles. The second-order valence-electron chi connectivity index (χ2n) is 9.59. The van der Waals surface area contributed by atoms with Crippen LogP contribution in [-0.4, -0.2) is 55.7 Å². The van der Waals surface area contributed by atoms with E-state index in [9.17, 15) is 44.5 Å². The van der Waals surface area contributed by atoms with Crippen LogP contribution in [0.5, 0.6) is 5.75 Å². The fraction of sp³-hybridized carbons (Fsp3) is 0.231. The molecule has 0 heterocycles. The Bertz CT molecular complexity index is 1610. The van der Waals surface area contributed by atoms with Crippen LogP contribution in [0, 0.1) is 16.7 Å². The van der Waals surface area contributed by atoms with E-state index in [2.05, 4.69) is 21.2 Å². The topological polar surface area (TPSA) is 228 Å². The predicted octanol–water partition coefficient (Wildman–Crippen LogP) is -2.10. The molecule has 15 heteroatoms. The van der Waals surface area contributed by atoms with Crippen molar-refractivity contribution in [1.82, 2.24) is 0 Å². The lowest BCUT2D eigenvalue weighted by Gasteiger charge is -2.49. The van der Waals surface area contributed by atoms with Gasteiger partial charge >= 0.3 is 6.09 Å². The Balaban J connectivity index is 0.00000387. The third-order valence-electron chi connectivity index (χ3n) is 7.45. The number of benzene rings is 2. The lowest BCUT2D eigenvalue weighted by Crippen LogP contribution is -3.00. The molecule has 4 atom stereocenters. The van der Waals surface area contributed by atoms with Crippen LogP contribution in [0.4, 0.5) is 16.2 Å². The molecule has 0 spiro atoms. The third kappa shape index (κ3) is 4.53. The molecule has 41 heavy (non-hydrogen) atoms. The minimum atomic E-state index is -2.98. The SMILES string of the molecule is NC(=O)C1=C(O)[C@@]2(O)C(=O)C3=C(O)c4c(O)cccc4C[C@H]3[C@H](OC(=O)Nc3ccc(Br)cc3[NH+]=O)[C@H]2CC1=O.[Cl-]. The molecule has 1 saturated carbocycles. The predicted molar refractivity (Wildman–Crippen MR) is 139 cm³/mol. The van der Waals surface area contributed by atoms with Crippen molar-refractivity contribution in [2.45, 2.75) is 24.5 Å². The van der Waals surface area contributed by atoms with Crippen LogP contribution in [0.1, 0.15) is 17.5 Å². The highest BCUT2D eigenvalue weighted by molar-refractivity contribution is 9.10. The molecule has 2 amide bonds. The number of nitrogens with two attached hydrogens (primary N) is 1.